The summed E-state index contributed by atoms with van der Waals surface area (Å²) in [4.78, 5) is 4.29. The number of methoxy groups -OCH3 is 1. The Morgan fingerprint density at radius 2 is 2.17 bits per heavy atom. The lowest BCUT2D eigenvalue weighted by molar-refractivity contribution is 0.386. The van der Waals surface area contributed by atoms with Gasteiger partial charge in [-0.3, -0.25) is 4.98 Å². The monoisotopic (exact) mass is 309 g/mol. The standard InChI is InChI=1S/C14H13BrFNO/c1-18-14-6-5-10(8-13(14)16)12(15)9-11-4-2-3-7-17-11/h2-8,12H,9H2,1H3. The van der Waals surface area contributed by atoms with Crippen molar-refractivity contribution in [3.63, 3.8) is 0 Å². The van der Waals surface area contributed by atoms with Gasteiger partial charge in [0.15, 0.2) is 11.6 Å². The topological polar surface area (TPSA) is 22.1 Å². The van der Waals surface area contributed by atoms with Crippen LogP contribution in [0.25, 0.3) is 0 Å². The lowest BCUT2D eigenvalue weighted by atomic mass is 10.1. The molecule has 94 valence electrons. The van der Waals surface area contributed by atoms with E-state index in [2.05, 4.69) is 20.9 Å². The molecule has 2 aromatic rings. The van der Waals surface area contributed by atoms with Gasteiger partial charge in [-0.2, -0.15) is 0 Å². The van der Waals surface area contributed by atoms with E-state index in [1.54, 1.807) is 12.3 Å². The van der Waals surface area contributed by atoms with E-state index >= 15 is 0 Å². The maximum Gasteiger partial charge on any atom is 0.165 e. The van der Waals surface area contributed by atoms with Crippen LogP contribution < -0.4 is 4.74 Å². The SMILES string of the molecule is COc1ccc(C(Br)Cc2ccccn2)cc1F. The van der Waals surface area contributed by atoms with Crippen LogP contribution in [0.15, 0.2) is 42.6 Å². The van der Waals surface area contributed by atoms with Crippen LogP contribution in [0.5, 0.6) is 5.75 Å². The minimum atomic E-state index is -0.347. The van der Waals surface area contributed by atoms with E-state index in [0.717, 1.165) is 11.3 Å². The Balaban J connectivity index is 2.14. The number of benzene rings is 1. The Bertz CT molecular complexity index is 518. The van der Waals surface area contributed by atoms with E-state index in [1.165, 1.54) is 13.2 Å². The van der Waals surface area contributed by atoms with E-state index < -0.39 is 0 Å². The Kier molecular flexibility index (Phi) is 4.31. The third kappa shape index (κ3) is 3.07. The van der Waals surface area contributed by atoms with Gasteiger partial charge in [0.2, 0.25) is 0 Å². The first kappa shape index (κ1) is 13.0. The van der Waals surface area contributed by atoms with E-state index in [1.807, 2.05) is 24.3 Å². The largest absolute Gasteiger partial charge is 0.494 e. The van der Waals surface area contributed by atoms with Crippen molar-refractivity contribution in [3.05, 3.63) is 59.7 Å². The van der Waals surface area contributed by atoms with Crippen molar-refractivity contribution >= 4 is 15.9 Å². The molecule has 4 heteroatoms. The second kappa shape index (κ2) is 5.96. The summed E-state index contributed by atoms with van der Waals surface area (Å²) in [6.45, 7) is 0. The molecule has 0 fully saturated rings. The van der Waals surface area contributed by atoms with Crippen LogP contribution in [0.2, 0.25) is 0 Å². The predicted molar refractivity (Wildman–Crippen MR) is 72.6 cm³/mol. The highest BCUT2D eigenvalue weighted by atomic mass is 79.9. The maximum atomic E-state index is 13.6. The molecule has 1 atom stereocenters. The van der Waals surface area contributed by atoms with Crippen molar-refractivity contribution in [2.24, 2.45) is 0 Å². The lowest BCUT2D eigenvalue weighted by Gasteiger charge is -2.11. The Morgan fingerprint density at radius 1 is 1.33 bits per heavy atom. The number of ether oxygens (including phenoxy) is 1. The predicted octanol–water partition coefficient (Wildman–Crippen LogP) is 3.91. The molecule has 0 amide bonds. The summed E-state index contributed by atoms with van der Waals surface area (Å²) in [7, 11) is 1.46. The first-order chi connectivity index (χ1) is 8.70. The fraction of sp³-hybridized carbons (Fsp3) is 0.214. The summed E-state index contributed by atoms with van der Waals surface area (Å²) in [6.07, 6.45) is 2.47. The molecule has 0 N–H and O–H groups in total. The van der Waals surface area contributed by atoms with Crippen molar-refractivity contribution in [1.29, 1.82) is 0 Å². The number of rotatable bonds is 4. The van der Waals surface area contributed by atoms with Crippen molar-refractivity contribution in [2.45, 2.75) is 11.2 Å². The molecular weight excluding hydrogens is 297 g/mol. The van der Waals surface area contributed by atoms with Gasteiger partial charge >= 0.3 is 0 Å². The average Bonchev–Trinajstić information content (AvgIpc) is 2.39. The number of hydrogen-bond acceptors (Lipinski definition) is 2. The highest BCUT2D eigenvalue weighted by Crippen LogP contribution is 2.29. The van der Waals surface area contributed by atoms with E-state index in [-0.39, 0.29) is 16.4 Å². The van der Waals surface area contributed by atoms with Gasteiger partial charge in [0.25, 0.3) is 0 Å². The van der Waals surface area contributed by atoms with Crippen molar-refractivity contribution in [1.82, 2.24) is 4.98 Å². The smallest absolute Gasteiger partial charge is 0.165 e. The Labute approximate surface area is 114 Å². The summed E-state index contributed by atoms with van der Waals surface area (Å²) < 4.78 is 18.5. The zero-order chi connectivity index (χ0) is 13.0. The first-order valence-electron chi connectivity index (χ1n) is 5.58. The molecule has 0 aliphatic rings. The highest BCUT2D eigenvalue weighted by molar-refractivity contribution is 9.09. The molecule has 1 heterocycles. The van der Waals surface area contributed by atoms with Gasteiger partial charge in [0.05, 0.1) is 7.11 Å². The van der Waals surface area contributed by atoms with Crippen molar-refractivity contribution in [3.8, 4) is 5.75 Å². The molecule has 0 saturated heterocycles. The molecule has 0 spiro atoms. The number of nitrogens with zero attached hydrogens (tertiary/aromatic N) is 1. The van der Waals surface area contributed by atoms with Gasteiger partial charge < -0.3 is 4.74 Å². The van der Waals surface area contributed by atoms with Crippen LogP contribution >= 0.6 is 15.9 Å². The molecule has 0 bridgehead atoms. The molecule has 0 aliphatic carbocycles. The molecule has 2 rings (SSSR count). The van der Waals surface area contributed by atoms with Crippen LogP contribution in [-0.4, -0.2) is 12.1 Å². The van der Waals surface area contributed by atoms with Gasteiger partial charge in [-0.25, -0.2) is 4.39 Å². The molecule has 0 radical (unpaired) electrons. The molecule has 0 saturated carbocycles. The second-order valence-corrected chi connectivity index (χ2v) is 4.99. The van der Waals surface area contributed by atoms with Crippen LogP contribution in [0.1, 0.15) is 16.1 Å². The maximum absolute atomic E-state index is 13.6. The number of halogens is 2. The molecule has 1 aromatic carbocycles. The third-order valence-corrected chi connectivity index (χ3v) is 3.50. The highest BCUT2D eigenvalue weighted by Gasteiger charge is 2.12. The number of pyridine rings is 1. The minimum absolute atomic E-state index is 0.0350. The lowest BCUT2D eigenvalue weighted by Crippen LogP contribution is -1.99. The first-order valence-corrected chi connectivity index (χ1v) is 6.49. The number of aromatic nitrogens is 1. The van der Waals surface area contributed by atoms with Gasteiger partial charge in [0.1, 0.15) is 0 Å². The number of hydrogen-bond donors (Lipinski definition) is 0. The van der Waals surface area contributed by atoms with Crippen molar-refractivity contribution < 1.29 is 9.13 Å². The van der Waals surface area contributed by atoms with E-state index in [4.69, 9.17) is 4.74 Å². The van der Waals surface area contributed by atoms with Crippen LogP contribution in [0.3, 0.4) is 0 Å². The van der Waals surface area contributed by atoms with Crippen LogP contribution in [-0.2, 0) is 6.42 Å². The third-order valence-electron chi connectivity index (χ3n) is 2.65. The summed E-state index contributed by atoms with van der Waals surface area (Å²) >= 11 is 3.56. The fourth-order valence-electron chi connectivity index (χ4n) is 1.70. The quantitative estimate of drug-likeness (QED) is 0.799. The number of alkyl halides is 1. The molecule has 1 aromatic heterocycles. The molecule has 1 unspecified atom stereocenters. The van der Waals surface area contributed by atoms with Crippen molar-refractivity contribution in [2.75, 3.05) is 7.11 Å². The van der Waals surface area contributed by atoms with Gasteiger partial charge in [-0.15, -0.1) is 0 Å². The van der Waals surface area contributed by atoms with E-state index in [0.29, 0.717) is 6.42 Å². The molecule has 0 aliphatic heterocycles. The summed E-state index contributed by atoms with van der Waals surface area (Å²) in [5.41, 5.74) is 1.84. The van der Waals surface area contributed by atoms with Gasteiger partial charge in [-0.1, -0.05) is 28.1 Å². The summed E-state index contributed by atoms with van der Waals surface area (Å²) in [5, 5.41) is 0. The minimum Gasteiger partial charge on any atom is -0.494 e. The molecule has 18 heavy (non-hydrogen) atoms. The summed E-state index contributed by atoms with van der Waals surface area (Å²) in [5.74, 6) is -0.0863. The molecule has 2 nitrogen and oxygen atoms in total. The zero-order valence-corrected chi connectivity index (χ0v) is 11.5. The van der Waals surface area contributed by atoms with Gasteiger partial charge in [-0.05, 0) is 29.8 Å². The Hall–Kier alpha value is -1.42. The van der Waals surface area contributed by atoms with Gasteiger partial charge in [0, 0.05) is 23.1 Å². The zero-order valence-electron chi connectivity index (χ0n) is 9.94. The average molecular weight is 310 g/mol. The Morgan fingerprint density at radius 3 is 2.78 bits per heavy atom. The second-order valence-electron chi connectivity index (χ2n) is 3.89. The van der Waals surface area contributed by atoms with E-state index in [9.17, 15) is 4.39 Å². The fourth-order valence-corrected chi connectivity index (χ4v) is 2.31. The normalized spacial score (nSPS) is 12.2. The van der Waals surface area contributed by atoms with Crippen LogP contribution in [0.4, 0.5) is 4.39 Å². The van der Waals surface area contributed by atoms with Crippen LogP contribution in [0, 0.1) is 5.82 Å². The summed E-state index contributed by atoms with van der Waals surface area (Å²) in [6, 6.07) is 10.7. The molecular formula is C14H13BrFNO.